The van der Waals surface area contributed by atoms with E-state index in [-0.39, 0.29) is 5.75 Å². The van der Waals surface area contributed by atoms with Crippen molar-refractivity contribution < 1.29 is 9.63 Å². The van der Waals surface area contributed by atoms with Gasteiger partial charge in [0.2, 0.25) is 5.82 Å². The molecule has 3 aromatic carbocycles. The number of hydrogen-bond acceptors (Lipinski definition) is 4. The fraction of sp³-hybridized carbons (Fsp3) is 0. The number of benzene rings is 3. The first-order valence-electron chi connectivity index (χ1n) is 6.92. The summed E-state index contributed by atoms with van der Waals surface area (Å²) < 4.78 is 5.31. The summed E-state index contributed by atoms with van der Waals surface area (Å²) in [5.74, 6) is 0.937. The van der Waals surface area contributed by atoms with Crippen molar-refractivity contribution in [1.82, 2.24) is 10.1 Å². The number of nitrogens with zero attached hydrogens (tertiary/aromatic N) is 2. The third-order valence-corrected chi connectivity index (χ3v) is 3.55. The Hall–Kier alpha value is -3.14. The van der Waals surface area contributed by atoms with E-state index in [1.54, 1.807) is 6.07 Å². The number of rotatable bonds is 2. The molecule has 0 radical (unpaired) electrons. The minimum absolute atomic E-state index is 0.127. The summed E-state index contributed by atoms with van der Waals surface area (Å²) in [5, 5.41) is 16.2. The van der Waals surface area contributed by atoms with Crippen LogP contribution in [0.4, 0.5) is 0 Å². The highest BCUT2D eigenvalue weighted by atomic mass is 16.5. The van der Waals surface area contributed by atoms with Gasteiger partial charge in [-0.2, -0.15) is 4.98 Å². The first-order chi connectivity index (χ1) is 10.8. The Morgan fingerprint density at radius 1 is 0.818 bits per heavy atom. The van der Waals surface area contributed by atoms with Gasteiger partial charge in [-0.3, -0.25) is 0 Å². The van der Waals surface area contributed by atoms with E-state index in [1.165, 1.54) is 0 Å². The molecule has 0 amide bonds. The highest BCUT2D eigenvalue weighted by Gasteiger charge is 2.14. The molecule has 22 heavy (non-hydrogen) atoms. The van der Waals surface area contributed by atoms with E-state index in [4.69, 9.17) is 4.52 Å². The predicted molar refractivity (Wildman–Crippen MR) is 84.3 cm³/mol. The first kappa shape index (κ1) is 12.6. The fourth-order valence-corrected chi connectivity index (χ4v) is 2.44. The smallest absolute Gasteiger partial charge is 0.262 e. The Morgan fingerprint density at radius 2 is 1.50 bits per heavy atom. The number of phenols is 1. The normalized spacial score (nSPS) is 10.9. The van der Waals surface area contributed by atoms with Gasteiger partial charge in [-0.1, -0.05) is 59.8 Å². The van der Waals surface area contributed by atoms with Gasteiger partial charge in [0.15, 0.2) is 0 Å². The van der Waals surface area contributed by atoms with Crippen molar-refractivity contribution in [2.75, 3.05) is 0 Å². The summed E-state index contributed by atoms with van der Waals surface area (Å²) >= 11 is 0. The van der Waals surface area contributed by atoms with Gasteiger partial charge in [0, 0.05) is 5.56 Å². The zero-order valence-corrected chi connectivity index (χ0v) is 11.6. The Kier molecular flexibility index (Phi) is 2.86. The van der Waals surface area contributed by atoms with Gasteiger partial charge >= 0.3 is 0 Å². The van der Waals surface area contributed by atoms with Crippen LogP contribution in [0, 0.1) is 0 Å². The van der Waals surface area contributed by atoms with Crippen LogP contribution in [-0.2, 0) is 0 Å². The minimum Gasteiger partial charge on any atom is -0.507 e. The standard InChI is InChI=1S/C18H12N2O2/c21-16-11-14-9-5-4-8-13(14)10-15(16)18-19-17(20-22-18)12-6-2-1-3-7-12/h1-11,21H. The Morgan fingerprint density at radius 3 is 2.27 bits per heavy atom. The molecular formula is C18H12N2O2. The van der Waals surface area contributed by atoms with Crippen LogP contribution in [0.5, 0.6) is 5.75 Å². The molecule has 0 bridgehead atoms. The van der Waals surface area contributed by atoms with Crippen molar-refractivity contribution in [3.05, 3.63) is 66.7 Å². The summed E-state index contributed by atoms with van der Waals surface area (Å²) in [6.45, 7) is 0. The highest BCUT2D eigenvalue weighted by molar-refractivity contribution is 5.89. The van der Waals surface area contributed by atoms with Crippen molar-refractivity contribution in [2.45, 2.75) is 0 Å². The molecule has 4 aromatic rings. The van der Waals surface area contributed by atoms with Crippen molar-refractivity contribution >= 4 is 10.8 Å². The van der Waals surface area contributed by atoms with Crippen molar-refractivity contribution in [3.63, 3.8) is 0 Å². The lowest BCUT2D eigenvalue weighted by atomic mass is 10.1. The van der Waals surface area contributed by atoms with Gasteiger partial charge in [0.25, 0.3) is 5.89 Å². The van der Waals surface area contributed by atoms with E-state index in [0.717, 1.165) is 16.3 Å². The average molecular weight is 288 g/mol. The topological polar surface area (TPSA) is 59.2 Å². The van der Waals surface area contributed by atoms with Crippen LogP contribution in [0.2, 0.25) is 0 Å². The van der Waals surface area contributed by atoms with Crippen molar-refractivity contribution in [3.8, 4) is 28.6 Å². The summed E-state index contributed by atoms with van der Waals surface area (Å²) in [7, 11) is 0. The second kappa shape index (κ2) is 5.00. The summed E-state index contributed by atoms with van der Waals surface area (Å²) in [6, 6.07) is 21.0. The zero-order valence-electron chi connectivity index (χ0n) is 11.6. The SMILES string of the molecule is Oc1cc2ccccc2cc1-c1nc(-c2ccccc2)no1. The third kappa shape index (κ3) is 2.11. The largest absolute Gasteiger partial charge is 0.507 e. The quantitative estimate of drug-likeness (QED) is 0.598. The van der Waals surface area contributed by atoms with E-state index < -0.39 is 0 Å². The van der Waals surface area contributed by atoms with Gasteiger partial charge in [-0.25, -0.2) is 0 Å². The van der Waals surface area contributed by atoms with Crippen LogP contribution < -0.4 is 0 Å². The molecule has 0 aliphatic heterocycles. The molecule has 0 unspecified atom stereocenters. The van der Waals surface area contributed by atoms with Crippen LogP contribution in [0.1, 0.15) is 0 Å². The molecule has 0 saturated carbocycles. The van der Waals surface area contributed by atoms with Gasteiger partial charge in [-0.05, 0) is 22.9 Å². The number of aromatic nitrogens is 2. The van der Waals surface area contributed by atoms with Crippen molar-refractivity contribution in [1.29, 1.82) is 0 Å². The molecule has 0 fully saturated rings. The lowest BCUT2D eigenvalue weighted by Crippen LogP contribution is -1.82. The Bertz CT molecular complexity index is 946. The van der Waals surface area contributed by atoms with Crippen LogP contribution in [0.15, 0.2) is 71.3 Å². The molecule has 4 nitrogen and oxygen atoms in total. The average Bonchev–Trinajstić information content (AvgIpc) is 3.05. The van der Waals surface area contributed by atoms with E-state index >= 15 is 0 Å². The summed E-state index contributed by atoms with van der Waals surface area (Å²) in [4.78, 5) is 4.38. The number of phenolic OH excluding ortho intramolecular Hbond substituents is 1. The molecule has 1 heterocycles. The lowest BCUT2D eigenvalue weighted by molar-refractivity contribution is 0.426. The van der Waals surface area contributed by atoms with Crippen LogP contribution >= 0.6 is 0 Å². The van der Waals surface area contributed by atoms with Crippen LogP contribution in [0.25, 0.3) is 33.6 Å². The van der Waals surface area contributed by atoms with Gasteiger partial charge < -0.3 is 9.63 Å². The molecular weight excluding hydrogens is 276 g/mol. The van der Waals surface area contributed by atoms with Gasteiger partial charge in [0.1, 0.15) is 5.75 Å². The second-order valence-corrected chi connectivity index (χ2v) is 5.01. The highest BCUT2D eigenvalue weighted by Crippen LogP contribution is 2.33. The number of fused-ring (bicyclic) bond motifs is 1. The fourth-order valence-electron chi connectivity index (χ4n) is 2.44. The number of aromatic hydroxyl groups is 1. The molecule has 0 aliphatic carbocycles. The Balaban J connectivity index is 1.82. The molecule has 1 N–H and O–H groups in total. The maximum absolute atomic E-state index is 10.2. The summed E-state index contributed by atoms with van der Waals surface area (Å²) in [6.07, 6.45) is 0. The number of hydrogen-bond donors (Lipinski definition) is 1. The zero-order chi connectivity index (χ0) is 14.9. The molecule has 106 valence electrons. The molecule has 4 heteroatoms. The maximum Gasteiger partial charge on any atom is 0.262 e. The molecule has 0 aliphatic rings. The molecule has 0 atom stereocenters. The third-order valence-electron chi connectivity index (χ3n) is 3.55. The van der Waals surface area contributed by atoms with E-state index in [0.29, 0.717) is 17.3 Å². The van der Waals surface area contributed by atoms with Crippen molar-refractivity contribution in [2.24, 2.45) is 0 Å². The van der Waals surface area contributed by atoms with Gasteiger partial charge in [-0.15, -0.1) is 0 Å². The van der Waals surface area contributed by atoms with Gasteiger partial charge in [0.05, 0.1) is 5.56 Å². The van der Waals surface area contributed by atoms with Crippen LogP contribution in [0.3, 0.4) is 0 Å². The predicted octanol–water partition coefficient (Wildman–Crippen LogP) is 4.26. The summed E-state index contributed by atoms with van der Waals surface area (Å²) in [5.41, 5.74) is 1.41. The minimum atomic E-state index is 0.127. The monoisotopic (exact) mass is 288 g/mol. The maximum atomic E-state index is 10.2. The molecule has 1 aromatic heterocycles. The Labute approximate surface area is 126 Å². The van der Waals surface area contributed by atoms with E-state index in [9.17, 15) is 5.11 Å². The first-order valence-corrected chi connectivity index (χ1v) is 6.92. The molecule has 0 spiro atoms. The van der Waals surface area contributed by atoms with E-state index in [2.05, 4.69) is 10.1 Å². The van der Waals surface area contributed by atoms with E-state index in [1.807, 2.05) is 60.7 Å². The second-order valence-electron chi connectivity index (χ2n) is 5.01. The molecule has 0 saturated heterocycles. The molecule has 4 rings (SSSR count). The van der Waals surface area contributed by atoms with Crippen LogP contribution in [-0.4, -0.2) is 15.2 Å². The lowest BCUT2D eigenvalue weighted by Gasteiger charge is -2.02.